The van der Waals surface area contributed by atoms with Crippen LogP contribution in [0.2, 0.25) is 0 Å². The van der Waals surface area contributed by atoms with Crippen molar-refractivity contribution in [2.24, 2.45) is 5.16 Å². The number of anilines is 1. The van der Waals surface area contributed by atoms with Gasteiger partial charge in [0, 0.05) is 24.6 Å². The molecule has 0 bridgehead atoms. The van der Waals surface area contributed by atoms with Gasteiger partial charge in [-0.15, -0.1) is 0 Å². The van der Waals surface area contributed by atoms with Crippen molar-refractivity contribution < 1.29 is 14.7 Å². The Morgan fingerprint density at radius 3 is 2.55 bits per heavy atom. The number of benzene rings is 3. The van der Waals surface area contributed by atoms with Crippen molar-refractivity contribution in [2.75, 3.05) is 12.4 Å². The Hall–Kier alpha value is -3.60. The standard InChI is InChI=1S/C28H30N2O3/c1-33-30-28(23-6-3-2-4-7-23)25-9-5-8-22-14-10-21(18-26(22)25)19-29-24-15-11-20(12-16-24)13-17-27(31)32/h2-4,6-7,10-12,14-16,18,25,29H,5,8-9,13,17,19H2,1H3,(H,31,32)/b30-28-. The number of carbonyl (C=O) groups is 1. The van der Waals surface area contributed by atoms with Crippen molar-refractivity contribution in [2.45, 2.75) is 44.6 Å². The number of hydrogen-bond acceptors (Lipinski definition) is 4. The lowest BCUT2D eigenvalue weighted by atomic mass is 9.78. The lowest BCUT2D eigenvalue weighted by molar-refractivity contribution is -0.136. The van der Waals surface area contributed by atoms with Gasteiger partial charge >= 0.3 is 5.97 Å². The van der Waals surface area contributed by atoms with Gasteiger partial charge in [-0.3, -0.25) is 4.79 Å². The summed E-state index contributed by atoms with van der Waals surface area (Å²) in [5, 5.41) is 16.8. The smallest absolute Gasteiger partial charge is 0.303 e. The molecule has 33 heavy (non-hydrogen) atoms. The van der Waals surface area contributed by atoms with Gasteiger partial charge < -0.3 is 15.3 Å². The molecule has 2 N–H and O–H groups in total. The van der Waals surface area contributed by atoms with Crippen molar-refractivity contribution in [1.82, 2.24) is 0 Å². The number of aryl methyl sites for hydroxylation is 2. The highest BCUT2D eigenvalue weighted by Crippen LogP contribution is 2.35. The number of oxime groups is 1. The Morgan fingerprint density at radius 1 is 1.06 bits per heavy atom. The molecule has 0 amide bonds. The van der Waals surface area contributed by atoms with E-state index in [1.165, 1.54) is 16.7 Å². The molecule has 5 heteroatoms. The zero-order chi connectivity index (χ0) is 23.0. The van der Waals surface area contributed by atoms with Crippen LogP contribution < -0.4 is 5.32 Å². The summed E-state index contributed by atoms with van der Waals surface area (Å²) in [5.41, 5.74) is 8.09. The fourth-order valence-corrected chi connectivity index (χ4v) is 4.51. The monoisotopic (exact) mass is 442 g/mol. The molecule has 170 valence electrons. The highest BCUT2D eigenvalue weighted by molar-refractivity contribution is 6.05. The third-order valence-electron chi connectivity index (χ3n) is 6.19. The first-order valence-electron chi connectivity index (χ1n) is 11.5. The van der Waals surface area contributed by atoms with Crippen LogP contribution in [-0.2, 0) is 29.0 Å². The normalized spacial score (nSPS) is 15.5. The van der Waals surface area contributed by atoms with Crippen LogP contribution in [0.5, 0.6) is 0 Å². The van der Waals surface area contributed by atoms with E-state index >= 15 is 0 Å². The van der Waals surface area contributed by atoms with Gasteiger partial charge in [0.1, 0.15) is 7.11 Å². The van der Waals surface area contributed by atoms with Crippen LogP contribution in [0.15, 0.2) is 78.0 Å². The van der Waals surface area contributed by atoms with E-state index in [0.29, 0.717) is 6.42 Å². The molecule has 0 spiro atoms. The fraction of sp³-hybridized carbons (Fsp3) is 0.286. The number of aliphatic carboxylic acids is 1. The van der Waals surface area contributed by atoms with E-state index in [-0.39, 0.29) is 12.3 Å². The molecule has 0 aliphatic heterocycles. The largest absolute Gasteiger partial charge is 0.481 e. The molecule has 0 saturated heterocycles. The molecule has 5 nitrogen and oxygen atoms in total. The minimum Gasteiger partial charge on any atom is -0.481 e. The minimum absolute atomic E-state index is 0.153. The van der Waals surface area contributed by atoms with E-state index in [0.717, 1.165) is 48.3 Å². The zero-order valence-corrected chi connectivity index (χ0v) is 19.0. The Balaban J connectivity index is 1.50. The van der Waals surface area contributed by atoms with E-state index in [9.17, 15) is 4.79 Å². The zero-order valence-electron chi connectivity index (χ0n) is 19.0. The third-order valence-corrected chi connectivity index (χ3v) is 6.19. The highest BCUT2D eigenvalue weighted by Gasteiger charge is 2.26. The molecule has 0 fully saturated rings. The maximum absolute atomic E-state index is 10.8. The number of rotatable bonds is 9. The molecule has 0 heterocycles. The average molecular weight is 443 g/mol. The van der Waals surface area contributed by atoms with Crippen LogP contribution >= 0.6 is 0 Å². The van der Waals surface area contributed by atoms with Gasteiger partial charge in [0.15, 0.2) is 0 Å². The summed E-state index contributed by atoms with van der Waals surface area (Å²) in [4.78, 5) is 16.0. The van der Waals surface area contributed by atoms with Gasteiger partial charge in [-0.2, -0.15) is 0 Å². The summed E-state index contributed by atoms with van der Waals surface area (Å²) >= 11 is 0. The van der Waals surface area contributed by atoms with Crippen LogP contribution in [0.25, 0.3) is 0 Å². The third kappa shape index (κ3) is 5.80. The molecular weight excluding hydrogens is 412 g/mol. The van der Waals surface area contributed by atoms with Gasteiger partial charge in [0.05, 0.1) is 5.71 Å². The Bertz CT molecular complexity index is 1110. The van der Waals surface area contributed by atoms with E-state index < -0.39 is 5.97 Å². The molecule has 3 aromatic carbocycles. The summed E-state index contributed by atoms with van der Waals surface area (Å²) in [6, 6.07) is 25.0. The lowest BCUT2D eigenvalue weighted by Crippen LogP contribution is -2.20. The summed E-state index contributed by atoms with van der Waals surface area (Å²) in [5.74, 6) is -0.557. The van der Waals surface area contributed by atoms with Crippen LogP contribution in [-0.4, -0.2) is 23.9 Å². The highest BCUT2D eigenvalue weighted by atomic mass is 16.6. The second-order valence-electron chi connectivity index (χ2n) is 8.45. The van der Waals surface area contributed by atoms with Gasteiger partial charge in [0.25, 0.3) is 0 Å². The second kappa shape index (κ2) is 10.8. The predicted octanol–water partition coefficient (Wildman–Crippen LogP) is 5.79. The molecule has 3 aromatic rings. The van der Waals surface area contributed by atoms with Crippen molar-refractivity contribution in [1.29, 1.82) is 0 Å². The molecular formula is C28H30N2O3. The Kier molecular flexibility index (Phi) is 7.40. The van der Waals surface area contributed by atoms with Gasteiger partial charge in [-0.25, -0.2) is 0 Å². The number of fused-ring (bicyclic) bond motifs is 1. The molecule has 1 unspecified atom stereocenters. The van der Waals surface area contributed by atoms with Crippen molar-refractivity contribution in [3.05, 3.63) is 101 Å². The van der Waals surface area contributed by atoms with Crippen LogP contribution in [0, 0.1) is 0 Å². The first-order chi connectivity index (χ1) is 16.1. The molecule has 0 radical (unpaired) electrons. The topological polar surface area (TPSA) is 70.9 Å². The quantitative estimate of drug-likeness (QED) is 0.325. The number of carboxylic acid groups (broad SMARTS) is 1. The second-order valence-corrected chi connectivity index (χ2v) is 8.45. The molecule has 4 rings (SSSR count). The number of hydrogen-bond donors (Lipinski definition) is 2. The van der Waals surface area contributed by atoms with Crippen molar-refractivity contribution in [3.8, 4) is 0 Å². The van der Waals surface area contributed by atoms with Crippen molar-refractivity contribution >= 4 is 17.4 Å². The van der Waals surface area contributed by atoms with E-state index in [1.54, 1.807) is 7.11 Å². The average Bonchev–Trinajstić information content (AvgIpc) is 2.85. The van der Waals surface area contributed by atoms with Crippen LogP contribution in [0.1, 0.15) is 53.0 Å². The summed E-state index contributed by atoms with van der Waals surface area (Å²) in [6.07, 6.45) is 3.99. The molecule has 1 atom stereocenters. The molecule has 0 saturated carbocycles. The maximum atomic E-state index is 10.8. The van der Waals surface area contributed by atoms with Gasteiger partial charge in [0.2, 0.25) is 0 Å². The van der Waals surface area contributed by atoms with E-state index in [4.69, 9.17) is 9.94 Å². The summed E-state index contributed by atoms with van der Waals surface area (Å²) < 4.78 is 0. The number of carboxylic acids is 1. The summed E-state index contributed by atoms with van der Waals surface area (Å²) in [6.45, 7) is 0.719. The first kappa shape index (κ1) is 22.6. The lowest BCUT2D eigenvalue weighted by Gasteiger charge is -2.27. The van der Waals surface area contributed by atoms with E-state index in [2.05, 4.69) is 40.8 Å². The van der Waals surface area contributed by atoms with Gasteiger partial charge in [-0.1, -0.05) is 65.8 Å². The number of nitrogens with one attached hydrogen (secondary N) is 1. The van der Waals surface area contributed by atoms with Crippen LogP contribution in [0.3, 0.4) is 0 Å². The van der Waals surface area contributed by atoms with Crippen LogP contribution in [0.4, 0.5) is 5.69 Å². The Labute approximate surface area is 195 Å². The fourth-order valence-electron chi connectivity index (χ4n) is 4.51. The minimum atomic E-state index is -0.770. The van der Waals surface area contributed by atoms with Crippen molar-refractivity contribution in [3.63, 3.8) is 0 Å². The SMILES string of the molecule is CO/N=C(/c1ccccc1)C1CCCc2ccc(CNc3ccc(CCC(=O)O)cc3)cc21. The maximum Gasteiger partial charge on any atom is 0.303 e. The summed E-state index contributed by atoms with van der Waals surface area (Å²) in [7, 11) is 1.61. The van der Waals surface area contributed by atoms with Gasteiger partial charge in [-0.05, 0) is 65.6 Å². The molecule has 0 aromatic heterocycles. The number of nitrogens with zero attached hydrogens (tertiary/aromatic N) is 1. The molecule has 1 aliphatic carbocycles. The first-order valence-corrected chi connectivity index (χ1v) is 11.5. The molecule has 1 aliphatic rings. The predicted molar refractivity (Wildman–Crippen MR) is 132 cm³/mol. The van der Waals surface area contributed by atoms with E-state index in [1.807, 2.05) is 42.5 Å². The Morgan fingerprint density at radius 2 is 1.82 bits per heavy atom.